The van der Waals surface area contributed by atoms with E-state index in [0.29, 0.717) is 5.57 Å². The van der Waals surface area contributed by atoms with Crippen LogP contribution < -0.4 is 0 Å². The fourth-order valence-electron chi connectivity index (χ4n) is 3.90. The summed E-state index contributed by atoms with van der Waals surface area (Å²) < 4.78 is 6.25. The monoisotopic (exact) mass is 334 g/mol. The number of hydrogen-bond acceptors (Lipinski definition) is 2. The fourth-order valence-corrected chi connectivity index (χ4v) is 3.90. The number of aryl methyl sites for hydroxylation is 2. The third-order valence-electron chi connectivity index (χ3n) is 5.14. The van der Waals surface area contributed by atoms with Crippen LogP contribution in [0.25, 0.3) is 0 Å². The zero-order chi connectivity index (χ0) is 18.0. The second-order valence-electron chi connectivity index (χ2n) is 7.23. The Kier molecular flexibility index (Phi) is 4.80. The highest BCUT2D eigenvalue weighted by atomic mass is 16.6. The summed E-state index contributed by atoms with van der Waals surface area (Å²) in [6, 6.07) is 16.8. The smallest absolute Gasteiger partial charge is 0.334 e. The number of ether oxygens (including phenoxy) is 1. The summed E-state index contributed by atoms with van der Waals surface area (Å²) >= 11 is 0. The van der Waals surface area contributed by atoms with Crippen LogP contribution in [0.1, 0.15) is 49.4 Å². The van der Waals surface area contributed by atoms with Crippen LogP contribution in [-0.2, 0) is 28.0 Å². The van der Waals surface area contributed by atoms with Crippen LogP contribution in [0.3, 0.4) is 0 Å². The number of benzene rings is 2. The molecule has 1 aliphatic rings. The van der Waals surface area contributed by atoms with Crippen molar-refractivity contribution < 1.29 is 9.53 Å². The van der Waals surface area contributed by atoms with Gasteiger partial charge in [-0.2, -0.15) is 0 Å². The van der Waals surface area contributed by atoms with Crippen LogP contribution in [0, 0.1) is 5.92 Å². The number of hydrogen-bond donors (Lipinski definition) is 0. The number of carbonyl (C=O) groups excluding carboxylic acids is 1. The maximum absolute atomic E-state index is 12.6. The maximum atomic E-state index is 12.6. The van der Waals surface area contributed by atoms with Crippen molar-refractivity contribution in [3.63, 3.8) is 0 Å². The third-order valence-corrected chi connectivity index (χ3v) is 5.14. The predicted octanol–water partition coefficient (Wildman–Crippen LogP) is 5.19. The predicted molar refractivity (Wildman–Crippen MR) is 101 cm³/mol. The van der Waals surface area contributed by atoms with Crippen molar-refractivity contribution in [2.75, 3.05) is 0 Å². The van der Waals surface area contributed by atoms with Gasteiger partial charge < -0.3 is 4.74 Å². The molecule has 0 saturated heterocycles. The normalized spacial score (nSPS) is 15.5. The van der Waals surface area contributed by atoms with Gasteiger partial charge in [-0.1, -0.05) is 69.0 Å². The summed E-state index contributed by atoms with van der Waals surface area (Å²) in [4.78, 5) is 12.6. The second kappa shape index (κ2) is 6.87. The molecule has 0 fully saturated rings. The van der Waals surface area contributed by atoms with Gasteiger partial charge in [0.15, 0.2) is 5.60 Å². The Morgan fingerprint density at radius 1 is 1.00 bits per heavy atom. The highest BCUT2D eigenvalue weighted by Crippen LogP contribution is 2.45. The van der Waals surface area contributed by atoms with Crippen LogP contribution in [0.4, 0.5) is 0 Å². The largest absolute Gasteiger partial charge is 0.446 e. The van der Waals surface area contributed by atoms with Gasteiger partial charge in [0.1, 0.15) is 0 Å². The molecule has 0 bridgehead atoms. The third kappa shape index (κ3) is 3.02. The Bertz CT molecular complexity index is 754. The van der Waals surface area contributed by atoms with Crippen molar-refractivity contribution in [1.29, 1.82) is 0 Å². The Labute approximate surface area is 150 Å². The van der Waals surface area contributed by atoms with Crippen molar-refractivity contribution in [3.05, 3.63) is 82.9 Å². The molecule has 2 aromatic rings. The minimum Gasteiger partial charge on any atom is -0.446 e. The Balaban J connectivity index is 2.33. The molecular weight excluding hydrogens is 308 g/mol. The lowest BCUT2D eigenvalue weighted by atomic mass is 9.71. The zero-order valence-corrected chi connectivity index (χ0v) is 15.3. The van der Waals surface area contributed by atoms with Crippen molar-refractivity contribution >= 4 is 5.97 Å². The van der Waals surface area contributed by atoms with E-state index in [1.54, 1.807) is 6.92 Å². The van der Waals surface area contributed by atoms with Crippen molar-refractivity contribution in [3.8, 4) is 0 Å². The summed E-state index contributed by atoms with van der Waals surface area (Å²) in [5.41, 5.74) is 4.37. The molecule has 0 unspecified atom stereocenters. The van der Waals surface area contributed by atoms with Crippen molar-refractivity contribution in [1.82, 2.24) is 0 Å². The van der Waals surface area contributed by atoms with E-state index >= 15 is 0 Å². The van der Waals surface area contributed by atoms with Gasteiger partial charge in [0.2, 0.25) is 0 Å². The summed E-state index contributed by atoms with van der Waals surface area (Å²) in [7, 11) is 0. The van der Waals surface area contributed by atoms with E-state index in [1.807, 2.05) is 12.1 Å². The lowest BCUT2D eigenvalue weighted by molar-refractivity contribution is -0.156. The van der Waals surface area contributed by atoms with Crippen LogP contribution >= 0.6 is 0 Å². The molecule has 0 N–H and O–H groups in total. The Hall–Kier alpha value is -2.35. The minimum atomic E-state index is -0.788. The Morgan fingerprint density at radius 2 is 1.48 bits per heavy atom. The first-order valence-corrected chi connectivity index (χ1v) is 9.02. The fraction of sp³-hybridized carbons (Fsp3) is 0.348. The molecule has 3 rings (SSSR count). The summed E-state index contributed by atoms with van der Waals surface area (Å²) in [5, 5.41) is 0. The van der Waals surface area contributed by atoms with Crippen LogP contribution in [0.15, 0.2) is 60.7 Å². The molecular formula is C23H26O2. The molecule has 0 amide bonds. The van der Waals surface area contributed by atoms with E-state index in [4.69, 9.17) is 4.74 Å². The maximum Gasteiger partial charge on any atom is 0.334 e. The molecule has 25 heavy (non-hydrogen) atoms. The molecule has 2 aromatic carbocycles. The van der Waals surface area contributed by atoms with Gasteiger partial charge in [0, 0.05) is 22.6 Å². The standard InChI is InChI=1S/C23H26O2/c1-16(2)22(24)25-23(17(3)4)20-14-7-5-10-18(20)12-9-13-19-11-6-8-15-21(19)23/h5-8,10-11,14-15,17H,1,9,12-13H2,2-4H3. The number of rotatable bonds is 3. The molecule has 0 radical (unpaired) electrons. The lowest BCUT2D eigenvalue weighted by Gasteiger charge is -2.41. The van der Waals surface area contributed by atoms with Gasteiger partial charge >= 0.3 is 5.97 Å². The molecule has 0 heterocycles. The first kappa shape index (κ1) is 17.5. The molecule has 0 saturated carbocycles. The molecule has 2 nitrogen and oxygen atoms in total. The molecule has 0 atom stereocenters. The van der Waals surface area contributed by atoms with Crippen LogP contribution in [0.2, 0.25) is 0 Å². The van der Waals surface area contributed by atoms with E-state index in [0.717, 1.165) is 30.4 Å². The lowest BCUT2D eigenvalue weighted by Crippen LogP contribution is -2.41. The summed E-state index contributed by atoms with van der Waals surface area (Å²) in [6.45, 7) is 9.75. The number of fused-ring (bicyclic) bond motifs is 2. The second-order valence-corrected chi connectivity index (χ2v) is 7.23. The van der Waals surface area contributed by atoms with Gasteiger partial charge in [-0.3, -0.25) is 0 Å². The SMILES string of the molecule is C=C(C)C(=O)OC1(C(C)C)c2ccccc2CCCc2ccccc21. The molecule has 2 heteroatoms. The van der Waals surface area contributed by atoms with Gasteiger partial charge in [-0.15, -0.1) is 0 Å². The van der Waals surface area contributed by atoms with Gasteiger partial charge in [0.05, 0.1) is 0 Å². The van der Waals surface area contributed by atoms with E-state index < -0.39 is 5.60 Å². The van der Waals surface area contributed by atoms with Gasteiger partial charge in [-0.25, -0.2) is 4.79 Å². The van der Waals surface area contributed by atoms with Crippen molar-refractivity contribution in [2.45, 2.75) is 45.6 Å². The molecule has 1 aliphatic carbocycles. The van der Waals surface area contributed by atoms with E-state index in [1.165, 1.54) is 11.1 Å². The van der Waals surface area contributed by atoms with Gasteiger partial charge in [-0.05, 0) is 37.3 Å². The quantitative estimate of drug-likeness (QED) is 0.570. The Morgan fingerprint density at radius 3 is 1.92 bits per heavy atom. The van der Waals surface area contributed by atoms with E-state index in [9.17, 15) is 4.79 Å². The average Bonchev–Trinajstić information content (AvgIpc) is 2.59. The molecule has 130 valence electrons. The zero-order valence-electron chi connectivity index (χ0n) is 15.3. The van der Waals surface area contributed by atoms with E-state index in [-0.39, 0.29) is 11.9 Å². The summed E-state index contributed by atoms with van der Waals surface area (Å²) in [6.07, 6.45) is 3.07. The van der Waals surface area contributed by atoms with Crippen LogP contribution in [0.5, 0.6) is 0 Å². The van der Waals surface area contributed by atoms with Gasteiger partial charge in [0.25, 0.3) is 0 Å². The minimum absolute atomic E-state index is 0.0937. The van der Waals surface area contributed by atoms with E-state index in [2.05, 4.69) is 56.8 Å². The number of esters is 1. The molecule has 0 aliphatic heterocycles. The van der Waals surface area contributed by atoms with Crippen LogP contribution in [-0.4, -0.2) is 5.97 Å². The summed E-state index contributed by atoms with van der Waals surface area (Å²) in [5.74, 6) is -0.241. The average molecular weight is 334 g/mol. The highest BCUT2D eigenvalue weighted by molar-refractivity contribution is 5.87. The molecule has 0 spiro atoms. The highest BCUT2D eigenvalue weighted by Gasteiger charge is 2.44. The molecule has 0 aromatic heterocycles. The first-order valence-electron chi connectivity index (χ1n) is 9.02. The van der Waals surface area contributed by atoms with Crippen molar-refractivity contribution in [2.24, 2.45) is 5.92 Å². The number of carbonyl (C=O) groups is 1. The first-order chi connectivity index (χ1) is 12.0. The topological polar surface area (TPSA) is 26.3 Å².